The van der Waals surface area contributed by atoms with Crippen molar-refractivity contribution in [1.82, 2.24) is 16.0 Å². The summed E-state index contributed by atoms with van der Waals surface area (Å²) in [6, 6.07) is 0.129. The van der Waals surface area contributed by atoms with Crippen LogP contribution >= 0.6 is 0 Å². The molecule has 5 heteroatoms. The molecule has 1 rings (SSSR count). The second-order valence-corrected chi connectivity index (χ2v) is 4.92. The Hall–Kier alpha value is -1.10. The van der Waals surface area contributed by atoms with Crippen molar-refractivity contribution in [3.63, 3.8) is 0 Å². The maximum absolute atomic E-state index is 11.8. The minimum atomic E-state index is -0.0728. The van der Waals surface area contributed by atoms with Crippen molar-refractivity contribution in [3.05, 3.63) is 0 Å². The van der Waals surface area contributed by atoms with Gasteiger partial charge in [0.2, 0.25) is 11.8 Å². The normalized spacial score (nSPS) is 21.1. The topological polar surface area (TPSA) is 70.2 Å². The van der Waals surface area contributed by atoms with Crippen molar-refractivity contribution < 1.29 is 9.59 Å². The van der Waals surface area contributed by atoms with Crippen molar-refractivity contribution in [3.8, 4) is 0 Å². The molecule has 1 saturated heterocycles. The first-order chi connectivity index (χ1) is 8.63. The molecule has 1 heterocycles. The highest BCUT2D eigenvalue weighted by Gasteiger charge is 2.19. The van der Waals surface area contributed by atoms with Crippen LogP contribution in [0.3, 0.4) is 0 Å². The largest absolute Gasteiger partial charge is 0.354 e. The summed E-state index contributed by atoms with van der Waals surface area (Å²) in [5.41, 5.74) is 0. The zero-order chi connectivity index (χ0) is 13.4. The lowest BCUT2D eigenvalue weighted by molar-refractivity contribution is -0.124. The molecule has 2 amide bonds. The number of rotatable bonds is 6. The Morgan fingerprint density at radius 1 is 1.39 bits per heavy atom. The summed E-state index contributed by atoms with van der Waals surface area (Å²) < 4.78 is 0. The highest BCUT2D eigenvalue weighted by molar-refractivity contribution is 5.82. The fraction of sp³-hybridized carbons (Fsp3) is 0.846. The lowest BCUT2D eigenvalue weighted by Crippen LogP contribution is -2.47. The van der Waals surface area contributed by atoms with Crippen molar-refractivity contribution in [1.29, 1.82) is 0 Å². The summed E-state index contributed by atoms with van der Waals surface area (Å²) in [5.74, 6) is 0.0206. The zero-order valence-corrected chi connectivity index (χ0v) is 11.4. The van der Waals surface area contributed by atoms with Crippen LogP contribution in [0.1, 0.15) is 46.0 Å². The average molecular weight is 255 g/mol. The summed E-state index contributed by atoms with van der Waals surface area (Å²) in [6.45, 7) is 5.33. The van der Waals surface area contributed by atoms with E-state index in [4.69, 9.17) is 0 Å². The predicted molar refractivity (Wildman–Crippen MR) is 71.2 cm³/mol. The molecule has 1 aliphatic heterocycles. The molecule has 0 spiro atoms. The van der Waals surface area contributed by atoms with Gasteiger partial charge in [-0.2, -0.15) is 0 Å². The molecule has 0 aromatic rings. The SMILES string of the molecule is CCC(C)NC(=O)CCNC(=O)[C@@H]1CCCCN1. The minimum Gasteiger partial charge on any atom is -0.354 e. The summed E-state index contributed by atoms with van der Waals surface area (Å²) in [4.78, 5) is 23.2. The van der Waals surface area contributed by atoms with Crippen molar-refractivity contribution in [2.75, 3.05) is 13.1 Å². The lowest BCUT2D eigenvalue weighted by Gasteiger charge is -2.22. The highest BCUT2D eigenvalue weighted by Crippen LogP contribution is 2.06. The van der Waals surface area contributed by atoms with Crippen molar-refractivity contribution >= 4 is 11.8 Å². The molecule has 1 fully saturated rings. The van der Waals surface area contributed by atoms with E-state index < -0.39 is 0 Å². The molecular formula is C13H25N3O2. The van der Waals surface area contributed by atoms with E-state index in [-0.39, 0.29) is 23.9 Å². The number of hydrogen-bond donors (Lipinski definition) is 3. The zero-order valence-electron chi connectivity index (χ0n) is 11.4. The van der Waals surface area contributed by atoms with Crippen LogP contribution in [0.2, 0.25) is 0 Å². The fourth-order valence-electron chi connectivity index (χ4n) is 1.95. The van der Waals surface area contributed by atoms with Gasteiger partial charge in [-0.15, -0.1) is 0 Å². The molecule has 5 nitrogen and oxygen atoms in total. The smallest absolute Gasteiger partial charge is 0.237 e. The van der Waals surface area contributed by atoms with E-state index in [0.29, 0.717) is 13.0 Å². The first kappa shape index (κ1) is 15.0. The predicted octanol–water partition coefficient (Wildman–Crippen LogP) is 0.550. The Balaban J connectivity index is 2.12. The first-order valence-corrected chi connectivity index (χ1v) is 6.94. The van der Waals surface area contributed by atoms with Crippen LogP contribution in [0.15, 0.2) is 0 Å². The molecule has 18 heavy (non-hydrogen) atoms. The number of piperidine rings is 1. The van der Waals surface area contributed by atoms with Crippen LogP contribution in [0, 0.1) is 0 Å². The summed E-state index contributed by atoms with van der Waals surface area (Å²) in [6.07, 6.45) is 4.40. The van der Waals surface area contributed by atoms with E-state index in [2.05, 4.69) is 16.0 Å². The van der Waals surface area contributed by atoms with E-state index in [9.17, 15) is 9.59 Å². The monoisotopic (exact) mass is 255 g/mol. The highest BCUT2D eigenvalue weighted by atomic mass is 16.2. The van der Waals surface area contributed by atoms with Crippen LogP contribution in [-0.4, -0.2) is 37.0 Å². The molecule has 104 valence electrons. The van der Waals surface area contributed by atoms with Gasteiger partial charge < -0.3 is 16.0 Å². The molecule has 0 aromatic carbocycles. The standard InChI is InChI=1S/C13H25N3O2/c1-3-10(2)16-12(17)7-9-15-13(18)11-6-4-5-8-14-11/h10-11,14H,3-9H2,1-2H3,(H,15,18)(H,16,17)/t10?,11-/m0/s1. The van der Waals surface area contributed by atoms with Gasteiger partial charge in [-0.3, -0.25) is 9.59 Å². The lowest BCUT2D eigenvalue weighted by atomic mass is 10.0. The molecule has 1 aliphatic rings. The molecule has 0 saturated carbocycles. The van der Waals surface area contributed by atoms with Gasteiger partial charge in [0.05, 0.1) is 6.04 Å². The fourth-order valence-corrected chi connectivity index (χ4v) is 1.95. The first-order valence-electron chi connectivity index (χ1n) is 6.94. The van der Waals surface area contributed by atoms with Gasteiger partial charge in [-0.1, -0.05) is 13.3 Å². The molecule has 3 N–H and O–H groups in total. The number of carbonyl (C=O) groups is 2. The quantitative estimate of drug-likeness (QED) is 0.649. The number of nitrogens with one attached hydrogen (secondary N) is 3. The Morgan fingerprint density at radius 3 is 2.78 bits per heavy atom. The van der Waals surface area contributed by atoms with Gasteiger partial charge in [-0.25, -0.2) is 0 Å². The van der Waals surface area contributed by atoms with Crippen LogP contribution in [0.25, 0.3) is 0 Å². The van der Waals surface area contributed by atoms with E-state index >= 15 is 0 Å². The molecule has 0 radical (unpaired) electrons. The number of hydrogen-bond acceptors (Lipinski definition) is 3. The third-order valence-corrected chi connectivity index (χ3v) is 3.30. The Kier molecular flexibility index (Phi) is 6.72. The van der Waals surface area contributed by atoms with Crippen LogP contribution in [0.5, 0.6) is 0 Å². The second kappa shape index (κ2) is 8.08. The van der Waals surface area contributed by atoms with Crippen LogP contribution in [0.4, 0.5) is 0 Å². The van der Waals surface area contributed by atoms with Gasteiger partial charge >= 0.3 is 0 Å². The maximum Gasteiger partial charge on any atom is 0.237 e. The third kappa shape index (κ3) is 5.49. The van der Waals surface area contributed by atoms with Gasteiger partial charge in [0.1, 0.15) is 0 Å². The molecular weight excluding hydrogens is 230 g/mol. The molecule has 2 atom stereocenters. The van der Waals surface area contributed by atoms with E-state index in [1.54, 1.807) is 0 Å². The van der Waals surface area contributed by atoms with Gasteiger partial charge in [0.15, 0.2) is 0 Å². The van der Waals surface area contributed by atoms with Gasteiger partial charge in [-0.05, 0) is 32.7 Å². The Labute approximate surface area is 109 Å². The summed E-state index contributed by atoms with van der Waals surface area (Å²) >= 11 is 0. The van der Waals surface area contributed by atoms with Crippen LogP contribution in [-0.2, 0) is 9.59 Å². The van der Waals surface area contributed by atoms with E-state index in [1.165, 1.54) is 0 Å². The Morgan fingerprint density at radius 2 is 2.17 bits per heavy atom. The summed E-state index contributed by atoms with van der Waals surface area (Å²) in [7, 11) is 0. The second-order valence-electron chi connectivity index (χ2n) is 4.92. The van der Waals surface area contributed by atoms with Crippen molar-refractivity contribution in [2.45, 2.75) is 58.0 Å². The van der Waals surface area contributed by atoms with Crippen molar-refractivity contribution in [2.24, 2.45) is 0 Å². The molecule has 0 bridgehead atoms. The van der Waals surface area contributed by atoms with Gasteiger partial charge in [0, 0.05) is 19.0 Å². The summed E-state index contributed by atoms with van der Waals surface area (Å²) in [5, 5.41) is 8.87. The molecule has 0 aromatic heterocycles. The number of amides is 2. The molecule has 0 aliphatic carbocycles. The van der Waals surface area contributed by atoms with Gasteiger partial charge in [0.25, 0.3) is 0 Å². The average Bonchev–Trinajstić information content (AvgIpc) is 2.39. The number of carbonyl (C=O) groups excluding carboxylic acids is 2. The van der Waals surface area contributed by atoms with E-state index in [0.717, 1.165) is 32.2 Å². The molecule has 1 unspecified atom stereocenters. The third-order valence-electron chi connectivity index (χ3n) is 3.30. The van der Waals surface area contributed by atoms with E-state index in [1.807, 2.05) is 13.8 Å². The maximum atomic E-state index is 11.8. The Bertz CT molecular complexity index is 275. The van der Waals surface area contributed by atoms with Crippen LogP contribution < -0.4 is 16.0 Å². The minimum absolute atomic E-state index is 0.00116.